The summed E-state index contributed by atoms with van der Waals surface area (Å²) in [5.74, 6) is -0.523. The third kappa shape index (κ3) is 6.77. The molecule has 12 nitrogen and oxygen atoms in total. The fourth-order valence-electron chi connectivity index (χ4n) is 7.15. The third-order valence-electron chi connectivity index (χ3n) is 9.91. The van der Waals surface area contributed by atoms with Gasteiger partial charge in [-0.1, -0.05) is 24.3 Å². The highest BCUT2D eigenvalue weighted by atomic mass is 16.5. The molecule has 1 aromatic heterocycles. The number of carbonyl (C=O) groups is 4. The summed E-state index contributed by atoms with van der Waals surface area (Å²) in [7, 11) is 3.50. The Bertz CT molecular complexity index is 1950. The average Bonchev–Trinajstić information content (AvgIpc) is 3.47. The Balaban J connectivity index is 0.962. The molecular weight excluding hydrogens is 648 g/mol. The van der Waals surface area contributed by atoms with Gasteiger partial charge >= 0.3 is 0 Å². The van der Waals surface area contributed by atoms with Crippen LogP contribution in [0.25, 0.3) is 0 Å². The lowest BCUT2D eigenvalue weighted by Crippen LogP contribution is -2.63. The quantitative estimate of drug-likeness (QED) is 0.274. The van der Waals surface area contributed by atoms with Gasteiger partial charge in [-0.25, -0.2) is 0 Å². The summed E-state index contributed by atoms with van der Waals surface area (Å²) in [6, 6.07) is 24.1. The van der Waals surface area contributed by atoms with Crippen LogP contribution in [0, 0.1) is 6.92 Å². The number of amides is 4. The Morgan fingerprint density at radius 2 is 1.51 bits per heavy atom. The maximum Gasteiger partial charge on any atom is 0.268 e. The summed E-state index contributed by atoms with van der Waals surface area (Å²) < 4.78 is 13.1. The van der Waals surface area contributed by atoms with Gasteiger partial charge in [-0.3, -0.25) is 24.1 Å². The molecule has 0 radical (unpaired) electrons. The molecule has 1 spiro atoms. The molecule has 4 amide bonds. The second-order valence-corrected chi connectivity index (χ2v) is 13.5. The van der Waals surface area contributed by atoms with Crippen molar-refractivity contribution in [2.45, 2.75) is 32.1 Å². The first-order valence-corrected chi connectivity index (χ1v) is 17.1. The number of aryl methyl sites for hydroxylation is 1. The van der Waals surface area contributed by atoms with Gasteiger partial charge in [-0.2, -0.15) is 0 Å². The van der Waals surface area contributed by atoms with E-state index in [1.165, 1.54) is 0 Å². The summed E-state index contributed by atoms with van der Waals surface area (Å²) in [4.78, 5) is 56.6. The van der Waals surface area contributed by atoms with Gasteiger partial charge in [0.1, 0.15) is 17.8 Å². The number of ether oxygens (including phenoxy) is 2. The zero-order chi connectivity index (χ0) is 35.7. The second kappa shape index (κ2) is 14.1. The van der Waals surface area contributed by atoms with Crippen LogP contribution in [0.2, 0.25) is 0 Å². The molecule has 0 saturated carbocycles. The van der Waals surface area contributed by atoms with Crippen molar-refractivity contribution in [3.05, 3.63) is 118 Å². The van der Waals surface area contributed by atoms with Gasteiger partial charge in [0.25, 0.3) is 23.6 Å². The number of hydrogen-bond acceptors (Lipinski definition) is 7. The van der Waals surface area contributed by atoms with Crippen molar-refractivity contribution < 1.29 is 28.7 Å². The number of morpholine rings is 1. The third-order valence-corrected chi connectivity index (χ3v) is 9.91. The van der Waals surface area contributed by atoms with Crippen molar-refractivity contribution in [2.75, 3.05) is 63.8 Å². The van der Waals surface area contributed by atoms with Crippen LogP contribution < -0.4 is 15.5 Å². The molecule has 264 valence electrons. The van der Waals surface area contributed by atoms with Crippen LogP contribution in [0.3, 0.4) is 0 Å². The Morgan fingerprint density at radius 1 is 0.824 bits per heavy atom. The maximum absolute atomic E-state index is 13.5. The predicted molar refractivity (Wildman–Crippen MR) is 192 cm³/mol. The van der Waals surface area contributed by atoms with E-state index in [2.05, 4.69) is 27.0 Å². The second-order valence-electron chi connectivity index (χ2n) is 13.5. The molecular formula is C39H42N6O6. The van der Waals surface area contributed by atoms with E-state index in [-0.39, 0.29) is 35.8 Å². The van der Waals surface area contributed by atoms with Crippen LogP contribution in [0.4, 0.5) is 11.4 Å². The Hall–Kier alpha value is -5.30. The Morgan fingerprint density at radius 3 is 2.16 bits per heavy atom. The molecule has 3 aromatic carbocycles. The molecule has 0 unspecified atom stereocenters. The van der Waals surface area contributed by atoms with Crippen molar-refractivity contribution in [1.82, 2.24) is 19.7 Å². The fraction of sp³-hybridized carbons (Fsp3) is 0.333. The lowest BCUT2D eigenvalue weighted by Gasteiger charge is -2.53. The summed E-state index contributed by atoms with van der Waals surface area (Å²) in [5.41, 5.74) is 7.02. The Kier molecular flexibility index (Phi) is 9.47. The largest absolute Gasteiger partial charge is 0.377 e. The van der Waals surface area contributed by atoms with Gasteiger partial charge in [0.2, 0.25) is 0 Å². The first kappa shape index (κ1) is 34.2. The van der Waals surface area contributed by atoms with Crippen molar-refractivity contribution in [3.63, 3.8) is 0 Å². The summed E-state index contributed by atoms with van der Waals surface area (Å²) in [5, 5.41) is 5.99. The maximum atomic E-state index is 13.5. The number of benzene rings is 3. The molecule has 51 heavy (non-hydrogen) atoms. The fourth-order valence-corrected chi connectivity index (χ4v) is 7.15. The molecule has 3 aliphatic heterocycles. The summed E-state index contributed by atoms with van der Waals surface area (Å²) in [6.45, 7) is 6.68. The highest BCUT2D eigenvalue weighted by Gasteiger charge is 2.51. The number of hydrogen-bond donors (Lipinski definition) is 2. The molecule has 0 atom stereocenters. The van der Waals surface area contributed by atoms with E-state index in [0.717, 1.165) is 34.6 Å². The number of rotatable bonds is 9. The van der Waals surface area contributed by atoms with Crippen LogP contribution in [0.15, 0.2) is 78.9 Å². The van der Waals surface area contributed by atoms with Gasteiger partial charge in [0, 0.05) is 75.0 Å². The molecule has 12 heteroatoms. The van der Waals surface area contributed by atoms with Crippen LogP contribution in [-0.4, -0.2) is 91.6 Å². The zero-order valence-corrected chi connectivity index (χ0v) is 29.1. The predicted octanol–water partition coefficient (Wildman–Crippen LogP) is 3.79. The number of anilines is 2. The minimum absolute atomic E-state index is 0.0210. The molecule has 2 N–H and O–H groups in total. The number of fused-ring (bicyclic) bond motifs is 2. The van der Waals surface area contributed by atoms with Gasteiger partial charge in [0.05, 0.1) is 19.8 Å². The normalized spacial score (nSPS) is 16.7. The van der Waals surface area contributed by atoms with Crippen LogP contribution in [0.5, 0.6) is 0 Å². The summed E-state index contributed by atoms with van der Waals surface area (Å²) >= 11 is 0. The number of nitrogens with one attached hydrogen (secondary N) is 2. The highest BCUT2D eigenvalue weighted by Crippen LogP contribution is 2.42. The molecule has 4 heterocycles. The van der Waals surface area contributed by atoms with Gasteiger partial charge < -0.3 is 34.5 Å². The standard InChI is InChI=1S/C39H42N6O6/c1-26-20-33(45-17-16-43(39(35(26)45)24-51-25-39)22-28-4-8-30(9-5-28)38(49)42(2)3)37(48)40-21-27-6-12-31(13-7-27)41-36(47)29-10-14-32(15-11-29)44-18-19-50-23-34(44)46/h4-15,20H,16-19,21-25H2,1-3H3,(H,40,48)(H,41,47). The van der Waals surface area contributed by atoms with Crippen LogP contribution in [-0.2, 0) is 39.4 Å². The molecule has 2 fully saturated rings. The van der Waals surface area contributed by atoms with Gasteiger partial charge in [0.15, 0.2) is 0 Å². The number of nitrogens with zero attached hydrogens (tertiary/aromatic N) is 4. The van der Waals surface area contributed by atoms with E-state index in [9.17, 15) is 19.2 Å². The number of aromatic nitrogens is 1. The van der Waals surface area contributed by atoms with Crippen molar-refractivity contribution in [2.24, 2.45) is 0 Å². The van der Waals surface area contributed by atoms with Crippen LogP contribution >= 0.6 is 0 Å². The first-order valence-electron chi connectivity index (χ1n) is 17.1. The zero-order valence-electron chi connectivity index (χ0n) is 29.1. The van der Waals surface area contributed by atoms with Gasteiger partial charge in [-0.05, 0) is 78.2 Å². The molecule has 7 rings (SSSR count). The smallest absolute Gasteiger partial charge is 0.268 e. The lowest BCUT2D eigenvalue weighted by atomic mass is 9.86. The minimum Gasteiger partial charge on any atom is -0.377 e. The van der Waals surface area contributed by atoms with Crippen molar-refractivity contribution in [3.8, 4) is 0 Å². The summed E-state index contributed by atoms with van der Waals surface area (Å²) in [6.07, 6.45) is 0. The van der Waals surface area contributed by atoms with Crippen molar-refractivity contribution in [1.29, 1.82) is 0 Å². The van der Waals surface area contributed by atoms with E-state index < -0.39 is 0 Å². The topological polar surface area (TPSA) is 125 Å². The number of carbonyl (C=O) groups excluding carboxylic acids is 4. The molecule has 2 saturated heterocycles. The molecule has 4 aromatic rings. The minimum atomic E-state index is -0.316. The molecule has 0 bridgehead atoms. The highest BCUT2D eigenvalue weighted by molar-refractivity contribution is 6.05. The van der Waals surface area contributed by atoms with Crippen LogP contribution in [0.1, 0.15) is 53.6 Å². The van der Waals surface area contributed by atoms with Crippen molar-refractivity contribution >= 4 is 35.0 Å². The SMILES string of the molecule is Cc1cc(C(=O)NCc2ccc(NC(=O)c3ccc(N4CCOCC4=O)cc3)cc2)n2c1C1(COC1)N(Cc1ccc(C(=O)N(C)C)cc1)CC2. The first-order chi connectivity index (χ1) is 24.6. The van der Waals surface area contributed by atoms with E-state index >= 15 is 0 Å². The van der Waals surface area contributed by atoms with E-state index in [1.54, 1.807) is 48.2 Å². The Labute approximate surface area is 296 Å². The molecule has 0 aliphatic carbocycles. The monoisotopic (exact) mass is 690 g/mol. The van der Waals surface area contributed by atoms with E-state index in [1.807, 2.05) is 54.6 Å². The van der Waals surface area contributed by atoms with E-state index in [4.69, 9.17) is 9.47 Å². The average molecular weight is 691 g/mol. The lowest BCUT2D eigenvalue weighted by molar-refractivity contribution is -0.163. The van der Waals surface area contributed by atoms with E-state index in [0.29, 0.717) is 68.5 Å². The van der Waals surface area contributed by atoms with Gasteiger partial charge in [-0.15, -0.1) is 0 Å². The molecule has 3 aliphatic rings.